The maximum atomic E-state index is 12.2. The van der Waals surface area contributed by atoms with Crippen molar-refractivity contribution in [2.24, 2.45) is 0 Å². The Hall–Kier alpha value is -1.84. The number of hydrogen-bond donors (Lipinski definition) is 0. The van der Waals surface area contributed by atoms with Crippen LogP contribution in [0.25, 0.3) is 11.0 Å². The lowest BCUT2D eigenvalue weighted by molar-refractivity contribution is -0.127. The molecule has 0 spiro atoms. The first-order valence-electron chi connectivity index (χ1n) is 7.97. The second-order valence-electron chi connectivity index (χ2n) is 5.80. The largest absolute Gasteiger partial charge is 0.342 e. The van der Waals surface area contributed by atoms with E-state index in [9.17, 15) is 4.79 Å². The van der Waals surface area contributed by atoms with Crippen LogP contribution in [0.2, 0.25) is 0 Å². The minimum Gasteiger partial charge on any atom is -0.342 e. The lowest BCUT2D eigenvalue weighted by atomic mass is 10.1. The van der Waals surface area contributed by atoms with Gasteiger partial charge in [0.25, 0.3) is 0 Å². The average Bonchev–Trinajstić information content (AvgIpc) is 3.05. The number of aryl methyl sites for hydroxylation is 1. The van der Waals surface area contributed by atoms with Gasteiger partial charge in [-0.3, -0.25) is 4.79 Å². The van der Waals surface area contributed by atoms with Crippen LogP contribution < -0.4 is 0 Å². The van der Waals surface area contributed by atoms with Gasteiger partial charge in [0.05, 0.1) is 11.0 Å². The van der Waals surface area contributed by atoms with Crippen LogP contribution in [0, 0.1) is 0 Å². The van der Waals surface area contributed by atoms with Crippen molar-refractivity contribution < 1.29 is 4.79 Å². The number of carbonyl (C=O) groups is 1. The third-order valence-electron chi connectivity index (χ3n) is 4.36. The van der Waals surface area contributed by atoms with E-state index in [1.54, 1.807) is 0 Å². The highest BCUT2D eigenvalue weighted by atomic mass is 16.2. The number of likely N-dealkylation sites (tertiary alicyclic amines) is 1. The summed E-state index contributed by atoms with van der Waals surface area (Å²) in [5, 5.41) is 0. The Morgan fingerprint density at radius 1 is 1.29 bits per heavy atom. The molecule has 4 nitrogen and oxygen atoms in total. The molecule has 0 unspecified atom stereocenters. The number of benzene rings is 1. The number of rotatable bonds is 5. The van der Waals surface area contributed by atoms with Crippen LogP contribution in [-0.4, -0.2) is 33.4 Å². The highest BCUT2D eigenvalue weighted by Gasteiger charge is 2.33. The van der Waals surface area contributed by atoms with Crippen molar-refractivity contribution in [3.05, 3.63) is 30.1 Å². The van der Waals surface area contributed by atoms with Gasteiger partial charge >= 0.3 is 0 Å². The fraction of sp³-hybridized carbons (Fsp3) is 0.529. The molecule has 1 aromatic carbocycles. The lowest BCUT2D eigenvalue weighted by Gasteiger charge is -2.16. The van der Waals surface area contributed by atoms with Crippen molar-refractivity contribution in [1.82, 2.24) is 14.5 Å². The number of imidazole rings is 1. The number of amides is 1. The summed E-state index contributed by atoms with van der Waals surface area (Å²) in [5.41, 5.74) is 2.21. The molecule has 3 rings (SSSR count). The third-order valence-corrected chi connectivity index (χ3v) is 4.36. The molecule has 0 saturated carbocycles. The number of unbranched alkanes of at least 4 members (excludes halogenated alkanes) is 1. The fourth-order valence-corrected chi connectivity index (χ4v) is 3.25. The van der Waals surface area contributed by atoms with Crippen LogP contribution in [0.15, 0.2) is 24.3 Å². The van der Waals surface area contributed by atoms with E-state index in [1.165, 1.54) is 5.52 Å². The Morgan fingerprint density at radius 3 is 2.86 bits per heavy atom. The van der Waals surface area contributed by atoms with Gasteiger partial charge in [-0.25, -0.2) is 4.98 Å². The Bertz CT molecular complexity index is 647. The van der Waals surface area contributed by atoms with Crippen molar-refractivity contribution in [2.45, 2.75) is 45.6 Å². The molecule has 0 bridgehead atoms. The van der Waals surface area contributed by atoms with E-state index in [1.807, 2.05) is 17.0 Å². The SMILES string of the molecule is CCCCN1C[C@@H](c2nc3ccccc3n2CC)CC1=O. The quantitative estimate of drug-likeness (QED) is 0.846. The lowest BCUT2D eigenvalue weighted by Crippen LogP contribution is -2.26. The Labute approximate surface area is 125 Å². The highest BCUT2D eigenvalue weighted by molar-refractivity contribution is 5.80. The summed E-state index contributed by atoms with van der Waals surface area (Å²) in [6, 6.07) is 8.23. The zero-order valence-corrected chi connectivity index (χ0v) is 12.9. The molecule has 1 amide bonds. The van der Waals surface area contributed by atoms with Crippen LogP contribution in [0.5, 0.6) is 0 Å². The number of carbonyl (C=O) groups excluding carboxylic acids is 1. The summed E-state index contributed by atoms with van der Waals surface area (Å²) in [7, 11) is 0. The van der Waals surface area contributed by atoms with Crippen molar-refractivity contribution in [1.29, 1.82) is 0 Å². The molecule has 1 aliphatic rings. The topological polar surface area (TPSA) is 38.1 Å². The molecule has 1 saturated heterocycles. The Kier molecular flexibility index (Phi) is 3.95. The summed E-state index contributed by atoms with van der Waals surface area (Å²) in [4.78, 5) is 19.0. The maximum Gasteiger partial charge on any atom is 0.223 e. The van der Waals surface area contributed by atoms with Gasteiger partial charge in [0, 0.05) is 32.0 Å². The minimum absolute atomic E-state index is 0.238. The first-order chi connectivity index (χ1) is 10.2. The molecule has 1 aliphatic heterocycles. The van der Waals surface area contributed by atoms with E-state index in [0.717, 1.165) is 43.8 Å². The Balaban J connectivity index is 1.89. The van der Waals surface area contributed by atoms with E-state index >= 15 is 0 Å². The van der Waals surface area contributed by atoms with Gasteiger partial charge in [-0.05, 0) is 25.5 Å². The van der Waals surface area contributed by atoms with E-state index in [-0.39, 0.29) is 11.8 Å². The molecule has 0 aliphatic carbocycles. The predicted molar refractivity (Wildman–Crippen MR) is 84.3 cm³/mol. The summed E-state index contributed by atoms with van der Waals surface area (Å²) in [5.74, 6) is 1.59. The maximum absolute atomic E-state index is 12.2. The standard InChI is InChI=1S/C17H23N3O/c1-3-5-10-19-12-13(11-16(19)21)17-18-14-8-6-7-9-15(14)20(17)4-2/h6-9,13H,3-5,10-12H2,1-2H3/t13-/m0/s1. The number of hydrogen-bond acceptors (Lipinski definition) is 2. The van der Waals surface area contributed by atoms with Crippen molar-refractivity contribution in [3.63, 3.8) is 0 Å². The summed E-state index contributed by atoms with van der Waals surface area (Å²) in [6.45, 7) is 6.91. The van der Waals surface area contributed by atoms with Gasteiger partial charge in [-0.2, -0.15) is 0 Å². The van der Waals surface area contributed by atoms with Gasteiger partial charge in [-0.15, -0.1) is 0 Å². The fourth-order valence-electron chi connectivity index (χ4n) is 3.25. The molecule has 112 valence electrons. The van der Waals surface area contributed by atoms with Crippen LogP contribution in [-0.2, 0) is 11.3 Å². The first kappa shape index (κ1) is 14.1. The molecule has 1 aromatic heterocycles. The Morgan fingerprint density at radius 2 is 2.10 bits per heavy atom. The molecule has 0 N–H and O–H groups in total. The van der Waals surface area contributed by atoms with Gasteiger partial charge in [0.2, 0.25) is 5.91 Å². The van der Waals surface area contributed by atoms with Crippen LogP contribution >= 0.6 is 0 Å². The second kappa shape index (κ2) is 5.88. The third kappa shape index (κ3) is 2.55. The number of para-hydroxylation sites is 2. The van der Waals surface area contributed by atoms with Gasteiger partial charge < -0.3 is 9.47 Å². The van der Waals surface area contributed by atoms with Gasteiger partial charge in [0.15, 0.2) is 0 Å². The number of aromatic nitrogens is 2. The molecule has 1 atom stereocenters. The molecule has 2 aromatic rings. The van der Waals surface area contributed by atoms with E-state index in [2.05, 4.69) is 30.5 Å². The molecular weight excluding hydrogens is 262 g/mol. The normalized spacial score (nSPS) is 18.9. The average molecular weight is 285 g/mol. The first-order valence-corrected chi connectivity index (χ1v) is 7.97. The second-order valence-corrected chi connectivity index (χ2v) is 5.80. The molecule has 1 fully saturated rings. The minimum atomic E-state index is 0.238. The monoisotopic (exact) mass is 285 g/mol. The highest BCUT2D eigenvalue weighted by Crippen LogP contribution is 2.30. The summed E-state index contributed by atoms with van der Waals surface area (Å²) >= 11 is 0. The van der Waals surface area contributed by atoms with E-state index in [4.69, 9.17) is 4.98 Å². The zero-order valence-electron chi connectivity index (χ0n) is 12.9. The van der Waals surface area contributed by atoms with E-state index in [0.29, 0.717) is 6.42 Å². The molecule has 4 heteroatoms. The smallest absolute Gasteiger partial charge is 0.223 e. The van der Waals surface area contributed by atoms with Gasteiger partial charge in [-0.1, -0.05) is 25.5 Å². The van der Waals surface area contributed by atoms with Crippen molar-refractivity contribution >= 4 is 16.9 Å². The molecule has 21 heavy (non-hydrogen) atoms. The molecular formula is C17H23N3O. The van der Waals surface area contributed by atoms with E-state index < -0.39 is 0 Å². The van der Waals surface area contributed by atoms with Gasteiger partial charge in [0.1, 0.15) is 5.82 Å². The summed E-state index contributed by atoms with van der Waals surface area (Å²) < 4.78 is 2.26. The van der Waals surface area contributed by atoms with Crippen LogP contribution in [0.3, 0.4) is 0 Å². The number of nitrogens with zero attached hydrogens (tertiary/aromatic N) is 3. The van der Waals surface area contributed by atoms with Crippen molar-refractivity contribution in [2.75, 3.05) is 13.1 Å². The van der Waals surface area contributed by atoms with Crippen LogP contribution in [0.4, 0.5) is 0 Å². The van der Waals surface area contributed by atoms with Crippen molar-refractivity contribution in [3.8, 4) is 0 Å². The molecule has 2 heterocycles. The predicted octanol–water partition coefficient (Wildman–Crippen LogP) is 3.17. The number of fused-ring (bicyclic) bond motifs is 1. The van der Waals surface area contributed by atoms with Crippen LogP contribution in [0.1, 0.15) is 44.9 Å². The summed E-state index contributed by atoms with van der Waals surface area (Å²) in [6.07, 6.45) is 2.82. The molecule has 0 radical (unpaired) electrons. The zero-order chi connectivity index (χ0) is 14.8.